The number of primary amides is 1. The Kier molecular flexibility index (Phi) is 7.78. The minimum absolute atomic E-state index is 0.0321. The quantitative estimate of drug-likeness (QED) is 0.364. The molecule has 0 unspecified atom stereocenters. The van der Waals surface area contributed by atoms with Gasteiger partial charge in [0, 0.05) is 42.0 Å². The van der Waals surface area contributed by atoms with E-state index in [0.29, 0.717) is 29.7 Å². The van der Waals surface area contributed by atoms with Crippen molar-refractivity contribution in [3.63, 3.8) is 0 Å². The molecule has 2 aliphatic rings. The number of nitrogens with two attached hydrogens (primary N) is 1. The number of nitrogens with one attached hydrogen (secondary N) is 1. The zero-order valence-corrected chi connectivity index (χ0v) is 21.9. The van der Waals surface area contributed by atoms with Crippen LogP contribution >= 0.6 is 0 Å². The number of carbonyl (C=O) groups is 2. The van der Waals surface area contributed by atoms with Gasteiger partial charge in [0.05, 0.1) is 0 Å². The Balaban J connectivity index is 1.25. The van der Waals surface area contributed by atoms with Crippen molar-refractivity contribution >= 4 is 17.5 Å². The van der Waals surface area contributed by atoms with Crippen LogP contribution in [-0.2, 0) is 13.0 Å². The molecule has 8 heteroatoms. The molecule has 0 fully saturated rings. The molecule has 1 aliphatic heterocycles. The van der Waals surface area contributed by atoms with Crippen molar-refractivity contribution in [1.29, 1.82) is 0 Å². The number of nitrogens with zero attached hydrogens (tertiary/aromatic N) is 1. The van der Waals surface area contributed by atoms with Crippen molar-refractivity contribution in [3.8, 4) is 11.1 Å². The average molecular weight is 546 g/mol. The number of benzene rings is 3. The predicted octanol–water partition coefficient (Wildman–Crippen LogP) is 6.34. The van der Waals surface area contributed by atoms with Crippen LogP contribution in [0.1, 0.15) is 51.1 Å². The fourth-order valence-electron chi connectivity index (χ4n) is 5.34. The fraction of sp³-hybridized carbons (Fsp3) is 0.250. The Morgan fingerprint density at radius 1 is 0.975 bits per heavy atom. The molecule has 5 nitrogen and oxygen atoms in total. The summed E-state index contributed by atoms with van der Waals surface area (Å²) in [5.41, 5.74) is 11.4. The second-order valence-corrected chi connectivity index (χ2v) is 10.1. The highest BCUT2D eigenvalue weighted by atomic mass is 19.4. The van der Waals surface area contributed by atoms with Crippen LogP contribution in [0.4, 0.5) is 18.9 Å². The van der Waals surface area contributed by atoms with Crippen LogP contribution in [0.5, 0.6) is 0 Å². The lowest BCUT2D eigenvalue weighted by Crippen LogP contribution is -2.30. The summed E-state index contributed by atoms with van der Waals surface area (Å²) in [7, 11) is 0. The van der Waals surface area contributed by atoms with E-state index in [2.05, 4.69) is 10.2 Å². The Hall–Kier alpha value is -4.33. The maximum atomic E-state index is 13.0. The normalized spacial score (nSPS) is 15.1. The van der Waals surface area contributed by atoms with Gasteiger partial charge in [0.1, 0.15) is 0 Å². The van der Waals surface area contributed by atoms with Gasteiger partial charge in [0.15, 0.2) is 0 Å². The number of anilines is 1. The number of fused-ring (bicyclic) bond motifs is 1. The lowest BCUT2D eigenvalue weighted by atomic mass is 9.96. The Labute approximate surface area is 231 Å². The van der Waals surface area contributed by atoms with E-state index >= 15 is 0 Å². The van der Waals surface area contributed by atoms with E-state index < -0.39 is 17.7 Å². The van der Waals surface area contributed by atoms with Crippen molar-refractivity contribution in [1.82, 2.24) is 5.32 Å². The van der Waals surface area contributed by atoms with Crippen LogP contribution < -0.4 is 16.0 Å². The molecule has 206 valence electrons. The summed E-state index contributed by atoms with van der Waals surface area (Å²) in [5, 5.41) is 2.77. The number of halogens is 3. The summed E-state index contributed by atoms with van der Waals surface area (Å²) in [5.74, 6) is -0.767. The highest BCUT2D eigenvalue weighted by molar-refractivity contribution is 5.99. The summed E-state index contributed by atoms with van der Waals surface area (Å²) in [6.45, 7) is 1.63. The average Bonchev–Trinajstić information content (AvgIpc) is 2.96. The van der Waals surface area contributed by atoms with Gasteiger partial charge in [-0.15, -0.1) is 0 Å². The number of carbonyl (C=O) groups excluding carboxylic acids is 2. The van der Waals surface area contributed by atoms with Crippen LogP contribution in [0.25, 0.3) is 11.1 Å². The molecule has 2 amide bonds. The topological polar surface area (TPSA) is 75.4 Å². The third-order valence-electron chi connectivity index (χ3n) is 7.38. The van der Waals surface area contributed by atoms with Crippen LogP contribution in [0, 0.1) is 0 Å². The molecule has 0 atom stereocenters. The highest BCUT2D eigenvalue weighted by Gasteiger charge is 2.33. The molecule has 1 aliphatic carbocycles. The van der Waals surface area contributed by atoms with Gasteiger partial charge >= 0.3 is 6.18 Å². The molecular weight excluding hydrogens is 515 g/mol. The van der Waals surface area contributed by atoms with Crippen LogP contribution in [0.3, 0.4) is 0 Å². The van der Waals surface area contributed by atoms with E-state index in [4.69, 9.17) is 5.73 Å². The SMILES string of the molecule is NC(=O)c1ccccc1-c1ccc(CN2CCCc3cc(C(=O)NCC4=CCCC(C(F)(F)F)=C4)ccc32)cc1. The second-order valence-electron chi connectivity index (χ2n) is 10.1. The second kappa shape index (κ2) is 11.4. The van der Waals surface area contributed by atoms with Crippen molar-refractivity contribution in [3.05, 3.63) is 112 Å². The fourth-order valence-corrected chi connectivity index (χ4v) is 5.34. The van der Waals surface area contributed by atoms with Crippen LogP contribution in [0.15, 0.2) is 90.0 Å². The van der Waals surface area contributed by atoms with Crippen molar-refractivity contribution < 1.29 is 22.8 Å². The molecule has 0 radical (unpaired) electrons. The number of alkyl halides is 3. The molecular formula is C32H30F3N3O2. The zero-order chi connectivity index (χ0) is 28.3. The smallest absolute Gasteiger partial charge is 0.367 e. The maximum Gasteiger partial charge on any atom is 0.412 e. The highest BCUT2D eigenvalue weighted by Crippen LogP contribution is 2.33. The molecule has 1 heterocycles. The molecule has 3 aromatic rings. The summed E-state index contributed by atoms with van der Waals surface area (Å²) in [6.07, 6.45) is 0.607. The zero-order valence-electron chi connectivity index (χ0n) is 21.9. The molecule has 0 bridgehead atoms. The lowest BCUT2D eigenvalue weighted by Gasteiger charge is -2.32. The van der Waals surface area contributed by atoms with Gasteiger partial charge in [-0.3, -0.25) is 9.59 Å². The molecule has 5 rings (SSSR count). The first kappa shape index (κ1) is 27.2. The first-order valence-corrected chi connectivity index (χ1v) is 13.3. The summed E-state index contributed by atoms with van der Waals surface area (Å²) < 4.78 is 39.1. The maximum absolute atomic E-state index is 13.0. The third kappa shape index (κ3) is 6.11. The van der Waals surface area contributed by atoms with E-state index in [9.17, 15) is 22.8 Å². The molecule has 0 aromatic heterocycles. The minimum atomic E-state index is -4.34. The Morgan fingerprint density at radius 2 is 1.75 bits per heavy atom. The molecule has 3 aromatic carbocycles. The van der Waals surface area contributed by atoms with Crippen molar-refractivity contribution in [2.75, 3.05) is 18.0 Å². The van der Waals surface area contributed by atoms with Gasteiger partial charge in [0.25, 0.3) is 5.91 Å². The monoisotopic (exact) mass is 545 g/mol. The number of amides is 2. The van der Waals surface area contributed by atoms with Crippen LogP contribution in [-0.4, -0.2) is 31.1 Å². The summed E-state index contributed by atoms with van der Waals surface area (Å²) >= 11 is 0. The van der Waals surface area contributed by atoms with Crippen molar-refractivity contribution in [2.24, 2.45) is 5.73 Å². The first-order chi connectivity index (χ1) is 19.2. The van der Waals surface area contributed by atoms with E-state index in [1.54, 1.807) is 24.3 Å². The molecule has 3 N–H and O–H groups in total. The van der Waals surface area contributed by atoms with Gasteiger partial charge < -0.3 is 16.0 Å². The number of allylic oxidation sites excluding steroid dienone is 2. The van der Waals surface area contributed by atoms with E-state index in [-0.39, 0.29) is 18.9 Å². The lowest BCUT2D eigenvalue weighted by molar-refractivity contribution is -0.0941. The first-order valence-electron chi connectivity index (χ1n) is 13.3. The Bertz CT molecular complexity index is 1490. The summed E-state index contributed by atoms with van der Waals surface area (Å²) in [4.78, 5) is 26.9. The third-order valence-corrected chi connectivity index (χ3v) is 7.38. The van der Waals surface area contributed by atoms with Crippen LogP contribution in [0.2, 0.25) is 0 Å². The largest absolute Gasteiger partial charge is 0.412 e. The molecule has 0 spiro atoms. The standard InChI is InChI=1S/C32H30F3N3O2/c33-32(34,35)26-7-3-5-22(17-26)19-37-31(40)25-14-15-29-24(18-25)6-4-16-38(29)20-21-10-12-23(13-11-21)27-8-1-2-9-28(27)30(36)39/h1-2,5,8-15,17-18H,3-4,6-7,16,19-20H2,(H2,36,39)(H,37,40). The summed E-state index contributed by atoms with van der Waals surface area (Å²) in [6, 6.07) is 20.9. The van der Waals surface area contributed by atoms with E-state index in [1.165, 1.54) is 0 Å². The number of rotatable bonds is 7. The van der Waals surface area contributed by atoms with Gasteiger partial charge in [-0.25, -0.2) is 0 Å². The number of hydrogen-bond acceptors (Lipinski definition) is 3. The molecule has 0 saturated heterocycles. The van der Waals surface area contributed by atoms with Gasteiger partial charge in [0.2, 0.25) is 5.91 Å². The predicted molar refractivity (Wildman–Crippen MR) is 150 cm³/mol. The minimum Gasteiger partial charge on any atom is -0.367 e. The van der Waals surface area contributed by atoms with Gasteiger partial charge in [-0.2, -0.15) is 13.2 Å². The van der Waals surface area contributed by atoms with E-state index in [0.717, 1.165) is 53.4 Å². The number of hydrogen-bond donors (Lipinski definition) is 2. The Morgan fingerprint density at radius 3 is 2.50 bits per heavy atom. The van der Waals surface area contributed by atoms with Crippen molar-refractivity contribution in [2.45, 2.75) is 38.4 Å². The molecule has 40 heavy (non-hydrogen) atoms. The van der Waals surface area contributed by atoms with Gasteiger partial charge in [-0.05, 0) is 83.9 Å². The molecule has 0 saturated carbocycles. The number of aryl methyl sites for hydroxylation is 1. The van der Waals surface area contributed by atoms with E-state index in [1.807, 2.05) is 48.5 Å². The van der Waals surface area contributed by atoms with Gasteiger partial charge in [-0.1, -0.05) is 48.5 Å².